The van der Waals surface area contributed by atoms with E-state index in [0.717, 1.165) is 24.8 Å². The van der Waals surface area contributed by atoms with Crippen molar-refractivity contribution < 1.29 is 0 Å². The maximum absolute atomic E-state index is 9.43. The maximum atomic E-state index is 9.43. The molecule has 0 spiro atoms. The highest BCUT2D eigenvalue weighted by Crippen LogP contribution is 2.35. The van der Waals surface area contributed by atoms with Gasteiger partial charge in [-0.25, -0.2) is 0 Å². The minimum absolute atomic E-state index is 0.365. The van der Waals surface area contributed by atoms with E-state index in [2.05, 4.69) is 30.1 Å². The van der Waals surface area contributed by atoms with Crippen LogP contribution in [0.15, 0.2) is 0 Å². The third kappa shape index (κ3) is 4.69. The van der Waals surface area contributed by atoms with Gasteiger partial charge >= 0.3 is 0 Å². The standard InChI is InChI=1S/C18H33N3/c1-15(2)20-18(3,14-19)11-7-13-21-12-6-9-16-8-4-5-10-17(16)21/h15-17,20H,4-13H2,1-3H3/t16-,17-,18?/m1/s1. The van der Waals surface area contributed by atoms with Crippen LogP contribution in [0.25, 0.3) is 0 Å². The predicted octanol–water partition coefficient (Wildman–Crippen LogP) is 3.70. The summed E-state index contributed by atoms with van der Waals surface area (Å²) in [4.78, 5) is 2.74. The summed E-state index contributed by atoms with van der Waals surface area (Å²) in [5.74, 6) is 0.962. The van der Waals surface area contributed by atoms with Gasteiger partial charge in [0.1, 0.15) is 5.54 Å². The molecule has 120 valence electrons. The van der Waals surface area contributed by atoms with Gasteiger partial charge in [0.15, 0.2) is 0 Å². The van der Waals surface area contributed by atoms with E-state index in [1.165, 1.54) is 51.6 Å². The molecule has 21 heavy (non-hydrogen) atoms. The van der Waals surface area contributed by atoms with E-state index in [1.54, 1.807) is 0 Å². The fraction of sp³-hybridized carbons (Fsp3) is 0.944. The Morgan fingerprint density at radius 2 is 1.95 bits per heavy atom. The second kappa shape index (κ2) is 7.61. The van der Waals surface area contributed by atoms with Crippen LogP contribution in [-0.4, -0.2) is 35.6 Å². The first kappa shape index (κ1) is 16.8. The number of hydrogen-bond donors (Lipinski definition) is 1. The Hall–Kier alpha value is -0.590. The second-order valence-corrected chi connectivity index (χ2v) is 7.64. The number of nitrogens with one attached hydrogen (secondary N) is 1. The fourth-order valence-corrected chi connectivity index (χ4v) is 4.44. The molecular weight excluding hydrogens is 258 g/mol. The van der Waals surface area contributed by atoms with Gasteiger partial charge in [-0.3, -0.25) is 5.32 Å². The Balaban J connectivity index is 1.80. The molecule has 0 aromatic heterocycles. The zero-order valence-corrected chi connectivity index (χ0v) is 14.2. The van der Waals surface area contributed by atoms with Crippen LogP contribution in [0.2, 0.25) is 0 Å². The minimum Gasteiger partial charge on any atom is -0.300 e. The van der Waals surface area contributed by atoms with Gasteiger partial charge < -0.3 is 4.90 Å². The van der Waals surface area contributed by atoms with Gasteiger partial charge in [0, 0.05) is 12.1 Å². The molecule has 1 N–H and O–H groups in total. The van der Waals surface area contributed by atoms with Crippen molar-refractivity contribution in [2.45, 2.75) is 89.8 Å². The summed E-state index contributed by atoms with van der Waals surface area (Å²) in [5, 5.41) is 12.9. The average Bonchev–Trinajstić information content (AvgIpc) is 2.47. The summed E-state index contributed by atoms with van der Waals surface area (Å²) in [5.41, 5.74) is -0.365. The van der Waals surface area contributed by atoms with Crippen molar-refractivity contribution in [2.75, 3.05) is 13.1 Å². The van der Waals surface area contributed by atoms with Gasteiger partial charge in [0.05, 0.1) is 6.07 Å². The van der Waals surface area contributed by atoms with Crippen LogP contribution in [0.5, 0.6) is 0 Å². The van der Waals surface area contributed by atoms with Gasteiger partial charge in [-0.15, -0.1) is 0 Å². The number of rotatable bonds is 6. The van der Waals surface area contributed by atoms with Gasteiger partial charge in [-0.1, -0.05) is 12.8 Å². The Bertz CT molecular complexity index is 358. The summed E-state index contributed by atoms with van der Waals surface area (Å²) in [6.07, 6.45) is 10.6. The number of fused-ring (bicyclic) bond motifs is 1. The largest absolute Gasteiger partial charge is 0.300 e. The molecule has 3 heteroatoms. The summed E-state index contributed by atoms with van der Waals surface area (Å²) in [7, 11) is 0. The van der Waals surface area contributed by atoms with Crippen molar-refractivity contribution in [3.8, 4) is 6.07 Å². The lowest BCUT2D eigenvalue weighted by Gasteiger charge is -2.44. The molecule has 1 saturated carbocycles. The van der Waals surface area contributed by atoms with Gasteiger partial charge in [0.2, 0.25) is 0 Å². The molecule has 0 aromatic carbocycles. The number of nitriles is 1. The first-order valence-electron chi connectivity index (χ1n) is 8.97. The number of likely N-dealkylation sites (tertiary alicyclic amines) is 1. The molecule has 2 fully saturated rings. The van der Waals surface area contributed by atoms with Gasteiger partial charge in [0.25, 0.3) is 0 Å². The molecule has 0 bridgehead atoms. The number of piperidine rings is 1. The summed E-state index contributed by atoms with van der Waals surface area (Å²) >= 11 is 0. The lowest BCUT2D eigenvalue weighted by atomic mass is 9.78. The number of hydrogen-bond acceptors (Lipinski definition) is 3. The molecule has 1 aliphatic carbocycles. The highest BCUT2D eigenvalue weighted by molar-refractivity contribution is 5.04. The van der Waals surface area contributed by atoms with Crippen molar-refractivity contribution in [2.24, 2.45) is 5.92 Å². The van der Waals surface area contributed by atoms with E-state index in [4.69, 9.17) is 0 Å². The van der Waals surface area contributed by atoms with E-state index < -0.39 is 0 Å². The third-order valence-corrected chi connectivity index (χ3v) is 5.33. The summed E-state index contributed by atoms with van der Waals surface area (Å²) in [6.45, 7) is 8.74. The molecule has 2 rings (SSSR count). The molecule has 1 unspecified atom stereocenters. The van der Waals surface area contributed by atoms with E-state index in [9.17, 15) is 5.26 Å². The van der Waals surface area contributed by atoms with Crippen molar-refractivity contribution in [1.29, 1.82) is 5.26 Å². The van der Waals surface area contributed by atoms with Crippen LogP contribution in [-0.2, 0) is 0 Å². The van der Waals surface area contributed by atoms with Crippen molar-refractivity contribution in [3.63, 3.8) is 0 Å². The van der Waals surface area contributed by atoms with Crippen LogP contribution in [0, 0.1) is 17.2 Å². The molecule has 2 aliphatic rings. The summed E-state index contributed by atoms with van der Waals surface area (Å²) < 4.78 is 0. The third-order valence-electron chi connectivity index (χ3n) is 5.33. The maximum Gasteiger partial charge on any atom is 0.104 e. The van der Waals surface area contributed by atoms with Crippen molar-refractivity contribution >= 4 is 0 Å². The molecule has 0 amide bonds. The highest BCUT2D eigenvalue weighted by Gasteiger charge is 2.33. The highest BCUT2D eigenvalue weighted by atomic mass is 15.2. The van der Waals surface area contributed by atoms with Gasteiger partial charge in [-0.2, -0.15) is 5.26 Å². The molecule has 1 aliphatic heterocycles. The van der Waals surface area contributed by atoms with Crippen LogP contribution in [0.4, 0.5) is 0 Å². The first-order chi connectivity index (χ1) is 10.0. The monoisotopic (exact) mass is 291 g/mol. The molecule has 3 nitrogen and oxygen atoms in total. The van der Waals surface area contributed by atoms with Crippen LogP contribution < -0.4 is 5.32 Å². The van der Waals surface area contributed by atoms with E-state index in [-0.39, 0.29) is 5.54 Å². The quantitative estimate of drug-likeness (QED) is 0.811. The molecule has 1 saturated heterocycles. The second-order valence-electron chi connectivity index (χ2n) is 7.64. The van der Waals surface area contributed by atoms with Crippen LogP contribution in [0.1, 0.15) is 72.1 Å². The SMILES string of the molecule is CC(C)NC(C)(C#N)CCCN1CCC[C@H]2CCCC[C@H]21. The Labute approximate surface area is 131 Å². The average molecular weight is 291 g/mol. The summed E-state index contributed by atoms with van der Waals surface area (Å²) in [6, 6.07) is 3.69. The van der Waals surface area contributed by atoms with Gasteiger partial charge in [-0.05, 0) is 78.3 Å². The van der Waals surface area contributed by atoms with E-state index in [0.29, 0.717) is 6.04 Å². The lowest BCUT2D eigenvalue weighted by molar-refractivity contribution is 0.0584. The molecular formula is C18H33N3. The zero-order chi connectivity index (χ0) is 15.3. The predicted molar refractivity (Wildman–Crippen MR) is 88.1 cm³/mol. The van der Waals surface area contributed by atoms with E-state index >= 15 is 0 Å². The molecule has 1 heterocycles. The van der Waals surface area contributed by atoms with Crippen LogP contribution >= 0.6 is 0 Å². The normalized spacial score (nSPS) is 29.7. The van der Waals surface area contributed by atoms with Crippen molar-refractivity contribution in [3.05, 3.63) is 0 Å². The van der Waals surface area contributed by atoms with Crippen LogP contribution in [0.3, 0.4) is 0 Å². The Morgan fingerprint density at radius 3 is 2.67 bits per heavy atom. The Kier molecular flexibility index (Phi) is 6.08. The lowest BCUT2D eigenvalue weighted by Crippen LogP contribution is -2.48. The Morgan fingerprint density at radius 1 is 1.24 bits per heavy atom. The topological polar surface area (TPSA) is 39.1 Å². The minimum atomic E-state index is -0.365. The van der Waals surface area contributed by atoms with Crippen molar-refractivity contribution in [1.82, 2.24) is 10.2 Å². The smallest absolute Gasteiger partial charge is 0.104 e. The first-order valence-corrected chi connectivity index (χ1v) is 8.97. The molecule has 0 radical (unpaired) electrons. The molecule has 3 atom stereocenters. The van der Waals surface area contributed by atoms with E-state index in [1.807, 2.05) is 6.92 Å². The fourth-order valence-electron chi connectivity index (χ4n) is 4.44. The zero-order valence-electron chi connectivity index (χ0n) is 14.2. The number of nitrogens with zero attached hydrogens (tertiary/aromatic N) is 2. The molecule has 0 aromatic rings.